The molecule has 2 heterocycles. The summed E-state index contributed by atoms with van der Waals surface area (Å²) in [6, 6.07) is 35.7. The first kappa shape index (κ1) is 37.1. The van der Waals surface area contributed by atoms with Crippen molar-refractivity contribution in [3.63, 3.8) is 0 Å². The second-order valence-corrected chi connectivity index (χ2v) is 14.8. The van der Waals surface area contributed by atoms with Gasteiger partial charge < -0.3 is 20.7 Å². The number of thioether (sulfide) groups is 1. The number of rotatable bonds is 13. The van der Waals surface area contributed by atoms with Crippen molar-refractivity contribution >= 4 is 57.6 Å². The fourth-order valence-electron chi connectivity index (χ4n) is 6.00. The molecule has 0 spiro atoms. The van der Waals surface area contributed by atoms with Gasteiger partial charge in [-0.3, -0.25) is 19.3 Å². The molecule has 1 atom stereocenters. The highest BCUT2D eigenvalue weighted by molar-refractivity contribution is 8.00. The molecule has 0 aliphatic carbocycles. The summed E-state index contributed by atoms with van der Waals surface area (Å²) in [5, 5.41) is 19.0. The fraction of sp³-hybridized carbons (Fsp3) is 0.190. The van der Waals surface area contributed by atoms with E-state index in [0.29, 0.717) is 39.5 Å². The first-order chi connectivity index (χ1) is 25.8. The van der Waals surface area contributed by atoms with Crippen molar-refractivity contribution in [2.45, 2.75) is 43.0 Å². The van der Waals surface area contributed by atoms with Gasteiger partial charge in [-0.05, 0) is 78.1 Å². The number of thiophene rings is 1. The maximum atomic E-state index is 13.7. The number of methoxy groups -OCH3 is 1. The second kappa shape index (κ2) is 17.7. The van der Waals surface area contributed by atoms with E-state index in [0.717, 1.165) is 41.4 Å². The lowest BCUT2D eigenvalue weighted by Gasteiger charge is -2.26. The number of benzene rings is 4. The number of nitrogens with one attached hydrogen (secondary N) is 3. The number of hydrogen-bond acceptors (Lipinski definition) is 8. The third-order valence-electron chi connectivity index (χ3n) is 8.70. The molecule has 53 heavy (non-hydrogen) atoms. The van der Waals surface area contributed by atoms with Crippen molar-refractivity contribution in [3.8, 4) is 11.8 Å². The van der Waals surface area contributed by atoms with Crippen LogP contribution in [-0.2, 0) is 29.1 Å². The van der Waals surface area contributed by atoms with Crippen LogP contribution in [0, 0.1) is 11.3 Å². The van der Waals surface area contributed by atoms with Gasteiger partial charge in [-0.1, -0.05) is 73.7 Å². The first-order valence-electron chi connectivity index (χ1n) is 17.3. The van der Waals surface area contributed by atoms with E-state index < -0.39 is 17.1 Å². The zero-order chi connectivity index (χ0) is 37.2. The summed E-state index contributed by atoms with van der Waals surface area (Å²) >= 11 is 2.87. The lowest BCUT2D eigenvalue weighted by atomic mass is 10.0. The van der Waals surface area contributed by atoms with E-state index in [2.05, 4.69) is 39.1 Å². The number of amides is 3. The number of nitrogens with zero attached hydrogens (tertiary/aromatic N) is 2. The Morgan fingerprint density at radius 3 is 2.45 bits per heavy atom. The van der Waals surface area contributed by atoms with Gasteiger partial charge in [0.1, 0.15) is 22.5 Å². The highest BCUT2D eigenvalue weighted by atomic mass is 32.2. The van der Waals surface area contributed by atoms with Crippen LogP contribution in [0.1, 0.15) is 50.8 Å². The standard InChI is InChI=1S/C42H39N5O4S2/c1-3-37(41(50)46-42-35(25-43)34-20-21-47(27-38(34)53-42)26-28-12-6-4-7-13-28)52-33-19-11-17-31(24-33)44-40(49)36(23-29-14-10-18-32(22-29)51-2)45-39(48)30-15-8-5-9-16-30/h4-19,22-24,37H,3,20-21,26-27H2,1-2H3,(H,44,49)(H,45,48)(H,46,50)/b36-23-. The molecule has 1 unspecified atom stereocenters. The lowest BCUT2D eigenvalue weighted by molar-refractivity contribution is -0.116. The Bertz CT molecular complexity index is 2160. The molecule has 0 saturated carbocycles. The number of carbonyl (C=O) groups is 3. The van der Waals surface area contributed by atoms with Gasteiger partial charge in [0.15, 0.2) is 0 Å². The number of ether oxygens (including phenoxy) is 1. The van der Waals surface area contributed by atoms with Crippen molar-refractivity contribution < 1.29 is 19.1 Å². The Morgan fingerprint density at radius 1 is 0.962 bits per heavy atom. The maximum Gasteiger partial charge on any atom is 0.272 e. The van der Waals surface area contributed by atoms with E-state index >= 15 is 0 Å². The number of hydrogen-bond donors (Lipinski definition) is 3. The predicted octanol–water partition coefficient (Wildman–Crippen LogP) is 8.11. The first-order valence-corrected chi connectivity index (χ1v) is 18.9. The summed E-state index contributed by atoms with van der Waals surface area (Å²) < 4.78 is 5.34. The topological polar surface area (TPSA) is 124 Å². The minimum absolute atomic E-state index is 0.0473. The molecule has 0 saturated heterocycles. The Labute approximate surface area is 317 Å². The molecule has 6 rings (SSSR count). The molecule has 1 aliphatic rings. The van der Waals surface area contributed by atoms with Gasteiger partial charge in [0.05, 0.1) is 17.9 Å². The van der Waals surface area contributed by atoms with Gasteiger partial charge in [-0.2, -0.15) is 5.26 Å². The summed E-state index contributed by atoms with van der Waals surface area (Å²) in [7, 11) is 1.56. The van der Waals surface area contributed by atoms with Crippen LogP contribution in [0.5, 0.6) is 5.75 Å². The molecular formula is C42H39N5O4S2. The molecular weight excluding hydrogens is 703 g/mol. The normalized spacial score (nSPS) is 13.3. The summed E-state index contributed by atoms with van der Waals surface area (Å²) in [5.74, 6) is -0.515. The molecule has 3 N–H and O–H groups in total. The van der Waals surface area contributed by atoms with Gasteiger partial charge in [-0.15, -0.1) is 23.1 Å². The fourth-order valence-corrected chi connectivity index (χ4v) is 8.26. The van der Waals surface area contributed by atoms with Gasteiger partial charge in [-0.25, -0.2) is 0 Å². The molecule has 3 amide bonds. The van der Waals surface area contributed by atoms with Crippen LogP contribution in [0.4, 0.5) is 10.7 Å². The zero-order valence-corrected chi connectivity index (χ0v) is 31.1. The smallest absolute Gasteiger partial charge is 0.272 e. The zero-order valence-electron chi connectivity index (χ0n) is 29.4. The van der Waals surface area contributed by atoms with Gasteiger partial charge in [0, 0.05) is 40.7 Å². The third-order valence-corrected chi connectivity index (χ3v) is 11.2. The molecule has 1 aromatic heterocycles. The van der Waals surface area contributed by atoms with Crippen LogP contribution in [0.3, 0.4) is 0 Å². The largest absolute Gasteiger partial charge is 0.497 e. The maximum absolute atomic E-state index is 13.7. The predicted molar refractivity (Wildman–Crippen MR) is 212 cm³/mol. The summed E-state index contributed by atoms with van der Waals surface area (Å²) in [6.45, 7) is 4.35. The number of anilines is 2. The minimum Gasteiger partial charge on any atom is -0.497 e. The van der Waals surface area contributed by atoms with Crippen molar-refractivity contribution in [2.75, 3.05) is 24.3 Å². The van der Waals surface area contributed by atoms with E-state index in [1.807, 2.05) is 43.3 Å². The molecule has 0 fully saturated rings. The third kappa shape index (κ3) is 9.61. The molecule has 11 heteroatoms. The van der Waals surface area contributed by atoms with Crippen molar-refractivity contribution in [1.82, 2.24) is 10.2 Å². The van der Waals surface area contributed by atoms with Crippen molar-refractivity contribution in [3.05, 3.63) is 148 Å². The van der Waals surface area contributed by atoms with E-state index in [-0.39, 0.29) is 11.6 Å². The SMILES string of the molecule is CCC(Sc1cccc(NC(=O)/C(=C/c2cccc(OC)c2)NC(=O)c2ccccc2)c1)C(=O)Nc1sc2c(c1C#N)CCN(Cc1ccccc1)C2. The number of nitriles is 1. The van der Waals surface area contributed by atoms with Crippen molar-refractivity contribution in [1.29, 1.82) is 5.26 Å². The summed E-state index contributed by atoms with van der Waals surface area (Å²) in [6.07, 6.45) is 2.89. The van der Waals surface area contributed by atoms with E-state index in [1.54, 1.807) is 73.8 Å². The van der Waals surface area contributed by atoms with Crippen LogP contribution < -0.4 is 20.7 Å². The van der Waals surface area contributed by atoms with E-state index in [1.165, 1.54) is 28.7 Å². The molecule has 9 nitrogen and oxygen atoms in total. The number of fused-ring (bicyclic) bond motifs is 1. The molecule has 5 aromatic rings. The van der Waals surface area contributed by atoms with Crippen LogP contribution in [0.15, 0.2) is 120 Å². The van der Waals surface area contributed by atoms with Crippen LogP contribution in [0.25, 0.3) is 6.08 Å². The second-order valence-electron chi connectivity index (χ2n) is 12.4. The molecule has 4 aromatic carbocycles. The van der Waals surface area contributed by atoms with Crippen LogP contribution >= 0.6 is 23.1 Å². The lowest BCUT2D eigenvalue weighted by Crippen LogP contribution is -2.30. The van der Waals surface area contributed by atoms with Crippen LogP contribution in [-0.4, -0.2) is 41.5 Å². The summed E-state index contributed by atoms with van der Waals surface area (Å²) in [5.41, 5.74) is 4.45. The summed E-state index contributed by atoms with van der Waals surface area (Å²) in [4.78, 5) is 44.7. The average Bonchev–Trinajstić information content (AvgIpc) is 3.53. The molecule has 0 radical (unpaired) electrons. The monoisotopic (exact) mass is 741 g/mol. The minimum atomic E-state index is -0.517. The van der Waals surface area contributed by atoms with Gasteiger partial charge >= 0.3 is 0 Å². The molecule has 1 aliphatic heterocycles. The average molecular weight is 742 g/mol. The Morgan fingerprint density at radius 2 is 1.72 bits per heavy atom. The quantitative estimate of drug-likeness (QED) is 0.0823. The van der Waals surface area contributed by atoms with Crippen molar-refractivity contribution in [2.24, 2.45) is 0 Å². The Balaban J connectivity index is 1.14. The molecule has 0 bridgehead atoms. The van der Waals surface area contributed by atoms with E-state index in [4.69, 9.17) is 4.74 Å². The Kier molecular flexibility index (Phi) is 12.4. The highest BCUT2D eigenvalue weighted by Crippen LogP contribution is 2.38. The number of carbonyl (C=O) groups excluding carboxylic acids is 3. The highest BCUT2D eigenvalue weighted by Gasteiger charge is 2.27. The van der Waals surface area contributed by atoms with Crippen LogP contribution in [0.2, 0.25) is 0 Å². The van der Waals surface area contributed by atoms with Gasteiger partial charge in [0.2, 0.25) is 5.91 Å². The molecule has 268 valence electrons. The van der Waals surface area contributed by atoms with Gasteiger partial charge in [0.25, 0.3) is 11.8 Å². The van der Waals surface area contributed by atoms with E-state index in [9.17, 15) is 19.6 Å². The Hall–Kier alpha value is -5.67.